The second kappa shape index (κ2) is 8.01. The monoisotopic (exact) mass is 405 g/mol. The van der Waals surface area contributed by atoms with Gasteiger partial charge in [-0.1, -0.05) is 30.0 Å². The van der Waals surface area contributed by atoms with E-state index in [0.29, 0.717) is 10.7 Å². The molecule has 3 aromatic rings. The molecule has 0 radical (unpaired) electrons. The lowest BCUT2D eigenvalue weighted by Gasteiger charge is -2.05. The topological polar surface area (TPSA) is 81.9 Å². The molecule has 3 rings (SSSR count). The Morgan fingerprint density at radius 3 is 2.41 bits per heavy atom. The third-order valence-electron chi connectivity index (χ3n) is 3.85. The number of carbonyl (C=O) groups is 1. The van der Waals surface area contributed by atoms with Crippen LogP contribution in [0.15, 0.2) is 64.6 Å². The quantitative estimate of drug-likeness (QED) is 0.444. The van der Waals surface area contributed by atoms with Crippen molar-refractivity contribution in [1.82, 2.24) is 14.8 Å². The van der Waals surface area contributed by atoms with Gasteiger partial charge in [0.15, 0.2) is 20.8 Å². The van der Waals surface area contributed by atoms with Crippen molar-refractivity contribution in [2.75, 3.05) is 5.75 Å². The van der Waals surface area contributed by atoms with Crippen LogP contribution in [0.5, 0.6) is 0 Å². The smallest absolute Gasteiger partial charge is 0.191 e. The molecular formula is C18H16FN3O3S2. The van der Waals surface area contributed by atoms with E-state index >= 15 is 0 Å². The Hall–Kier alpha value is -2.52. The van der Waals surface area contributed by atoms with Crippen molar-refractivity contribution in [1.29, 1.82) is 0 Å². The van der Waals surface area contributed by atoms with Gasteiger partial charge < -0.3 is 4.57 Å². The molecule has 0 aliphatic rings. The number of nitrogens with zero attached hydrogens (tertiary/aromatic N) is 3. The van der Waals surface area contributed by atoms with Crippen molar-refractivity contribution < 1.29 is 17.6 Å². The number of aromatic nitrogens is 3. The molecule has 27 heavy (non-hydrogen) atoms. The number of Topliss-reactive ketones (excluding diaryl/α,β-unsaturated/α-hetero) is 1. The predicted molar refractivity (Wildman–Crippen MR) is 99.8 cm³/mol. The van der Waals surface area contributed by atoms with E-state index in [0.717, 1.165) is 11.8 Å². The first-order valence-corrected chi connectivity index (χ1v) is 10.6. The molecule has 0 saturated heterocycles. The van der Waals surface area contributed by atoms with E-state index in [2.05, 4.69) is 10.2 Å². The molecule has 0 unspecified atom stereocenters. The molecule has 1 aromatic heterocycles. The van der Waals surface area contributed by atoms with Crippen molar-refractivity contribution in [2.45, 2.75) is 15.8 Å². The van der Waals surface area contributed by atoms with E-state index in [-0.39, 0.29) is 28.0 Å². The van der Waals surface area contributed by atoms with E-state index in [1.165, 1.54) is 36.4 Å². The normalized spacial score (nSPS) is 11.5. The van der Waals surface area contributed by atoms with Crippen molar-refractivity contribution in [2.24, 2.45) is 7.05 Å². The van der Waals surface area contributed by atoms with E-state index in [4.69, 9.17) is 0 Å². The van der Waals surface area contributed by atoms with Crippen LogP contribution in [-0.4, -0.2) is 34.7 Å². The zero-order chi connectivity index (χ0) is 19.4. The van der Waals surface area contributed by atoms with Gasteiger partial charge in [0.2, 0.25) is 0 Å². The molecule has 0 aliphatic heterocycles. The third-order valence-corrected chi connectivity index (χ3v) is 6.49. The fourth-order valence-electron chi connectivity index (χ4n) is 2.33. The van der Waals surface area contributed by atoms with Gasteiger partial charge in [-0.05, 0) is 36.4 Å². The highest BCUT2D eigenvalue weighted by Gasteiger charge is 2.20. The Kier molecular flexibility index (Phi) is 5.71. The maximum atomic E-state index is 12.9. The molecule has 2 aromatic carbocycles. The molecule has 0 atom stereocenters. The molecule has 1 heterocycles. The Morgan fingerprint density at radius 2 is 1.74 bits per heavy atom. The second-order valence-electron chi connectivity index (χ2n) is 5.75. The van der Waals surface area contributed by atoms with Crippen molar-refractivity contribution in [3.8, 4) is 0 Å². The van der Waals surface area contributed by atoms with Crippen LogP contribution in [0.2, 0.25) is 0 Å². The summed E-state index contributed by atoms with van der Waals surface area (Å²) in [4.78, 5) is 12.4. The fourth-order valence-corrected chi connectivity index (χ4v) is 4.48. The summed E-state index contributed by atoms with van der Waals surface area (Å²) in [5.74, 6) is -0.496. The number of benzene rings is 2. The molecular weight excluding hydrogens is 389 g/mol. The number of carbonyl (C=O) groups excluding carboxylic acids is 1. The van der Waals surface area contributed by atoms with Gasteiger partial charge in [-0.15, -0.1) is 10.2 Å². The van der Waals surface area contributed by atoms with Crippen LogP contribution in [0, 0.1) is 5.82 Å². The SMILES string of the molecule is Cn1c(CS(=O)(=O)c2ccccc2)nnc1SCC(=O)c1ccc(F)cc1. The van der Waals surface area contributed by atoms with Crippen molar-refractivity contribution in [3.63, 3.8) is 0 Å². The lowest BCUT2D eigenvalue weighted by molar-refractivity contribution is 0.102. The first-order chi connectivity index (χ1) is 12.9. The van der Waals surface area contributed by atoms with Crippen LogP contribution in [0.25, 0.3) is 0 Å². The number of hydrogen-bond acceptors (Lipinski definition) is 6. The minimum atomic E-state index is -3.54. The van der Waals surface area contributed by atoms with E-state index < -0.39 is 15.7 Å². The van der Waals surface area contributed by atoms with Gasteiger partial charge in [-0.2, -0.15) is 0 Å². The molecule has 0 aliphatic carbocycles. The van der Waals surface area contributed by atoms with Crippen LogP contribution in [0.1, 0.15) is 16.2 Å². The maximum absolute atomic E-state index is 12.9. The van der Waals surface area contributed by atoms with Crippen molar-refractivity contribution in [3.05, 3.63) is 71.8 Å². The summed E-state index contributed by atoms with van der Waals surface area (Å²) in [5.41, 5.74) is 0.401. The average molecular weight is 405 g/mol. The highest BCUT2D eigenvalue weighted by molar-refractivity contribution is 7.99. The molecule has 0 spiro atoms. The average Bonchev–Trinajstić information content (AvgIpc) is 3.00. The second-order valence-corrected chi connectivity index (χ2v) is 8.68. The lowest BCUT2D eigenvalue weighted by Crippen LogP contribution is -2.10. The summed E-state index contributed by atoms with van der Waals surface area (Å²) in [6, 6.07) is 13.4. The minimum absolute atomic E-state index is 0.0864. The minimum Gasteiger partial charge on any atom is -0.308 e. The van der Waals surface area contributed by atoms with Gasteiger partial charge in [-0.3, -0.25) is 4.79 Å². The Labute approximate surface area is 160 Å². The van der Waals surface area contributed by atoms with Gasteiger partial charge in [0, 0.05) is 12.6 Å². The Balaban J connectivity index is 1.68. The van der Waals surface area contributed by atoms with E-state index in [1.54, 1.807) is 29.8 Å². The van der Waals surface area contributed by atoms with Gasteiger partial charge in [-0.25, -0.2) is 12.8 Å². The molecule has 0 saturated carbocycles. The standard InChI is InChI=1S/C18H16FN3O3S2/c1-22-17(12-27(24,25)15-5-3-2-4-6-15)20-21-18(22)26-11-16(23)13-7-9-14(19)10-8-13/h2-10H,11-12H2,1H3. The highest BCUT2D eigenvalue weighted by atomic mass is 32.2. The van der Waals surface area contributed by atoms with Crippen LogP contribution >= 0.6 is 11.8 Å². The maximum Gasteiger partial charge on any atom is 0.191 e. The van der Waals surface area contributed by atoms with Gasteiger partial charge in [0.1, 0.15) is 17.4 Å². The lowest BCUT2D eigenvalue weighted by atomic mass is 10.1. The summed E-state index contributed by atoms with van der Waals surface area (Å²) in [6.45, 7) is 0. The largest absolute Gasteiger partial charge is 0.308 e. The summed E-state index contributed by atoms with van der Waals surface area (Å²) >= 11 is 1.15. The Bertz CT molecular complexity index is 1050. The molecule has 0 amide bonds. The van der Waals surface area contributed by atoms with Crippen LogP contribution in [0.3, 0.4) is 0 Å². The molecule has 6 nitrogen and oxygen atoms in total. The van der Waals surface area contributed by atoms with Crippen LogP contribution in [0.4, 0.5) is 4.39 Å². The van der Waals surface area contributed by atoms with Crippen LogP contribution < -0.4 is 0 Å². The molecule has 0 fully saturated rings. The van der Waals surface area contributed by atoms with E-state index in [9.17, 15) is 17.6 Å². The number of hydrogen-bond donors (Lipinski definition) is 0. The van der Waals surface area contributed by atoms with Crippen LogP contribution in [-0.2, 0) is 22.6 Å². The first-order valence-electron chi connectivity index (χ1n) is 7.94. The summed E-state index contributed by atoms with van der Waals surface area (Å²) in [6.07, 6.45) is 0. The van der Waals surface area contributed by atoms with Gasteiger partial charge in [0.05, 0.1) is 10.6 Å². The molecule has 0 bridgehead atoms. The third kappa shape index (κ3) is 4.61. The zero-order valence-electron chi connectivity index (χ0n) is 14.4. The summed E-state index contributed by atoms with van der Waals surface area (Å²) < 4.78 is 39.4. The fraction of sp³-hybridized carbons (Fsp3) is 0.167. The first kappa shape index (κ1) is 19.2. The summed E-state index contributed by atoms with van der Waals surface area (Å²) in [7, 11) is -1.88. The summed E-state index contributed by atoms with van der Waals surface area (Å²) in [5, 5.41) is 8.35. The predicted octanol–water partition coefficient (Wildman–Crippen LogP) is 2.90. The number of rotatable bonds is 7. The zero-order valence-corrected chi connectivity index (χ0v) is 16.0. The number of halogens is 1. The van der Waals surface area contributed by atoms with Crippen molar-refractivity contribution >= 4 is 27.4 Å². The Morgan fingerprint density at radius 1 is 1.07 bits per heavy atom. The number of ketones is 1. The number of thioether (sulfide) groups is 1. The molecule has 140 valence electrons. The van der Waals surface area contributed by atoms with E-state index in [1.807, 2.05) is 0 Å². The molecule has 0 N–H and O–H groups in total. The van der Waals surface area contributed by atoms with Gasteiger partial charge in [0.25, 0.3) is 0 Å². The molecule has 9 heteroatoms. The highest BCUT2D eigenvalue weighted by Crippen LogP contribution is 2.20. The number of sulfone groups is 1. The van der Waals surface area contributed by atoms with Gasteiger partial charge >= 0.3 is 0 Å².